The van der Waals surface area contributed by atoms with Crippen LogP contribution in [0.1, 0.15) is 20.9 Å². The third-order valence-corrected chi connectivity index (χ3v) is 6.12. The Kier molecular flexibility index (Phi) is 3.98. The molecule has 0 fully saturated rings. The van der Waals surface area contributed by atoms with Gasteiger partial charge in [-0.1, -0.05) is 12.1 Å². The molecule has 0 aliphatic carbocycles. The van der Waals surface area contributed by atoms with E-state index >= 15 is 0 Å². The predicted octanol–water partition coefficient (Wildman–Crippen LogP) is 4.65. The molecule has 4 heterocycles. The highest BCUT2D eigenvalue weighted by atomic mass is 79.9. The molecule has 5 rings (SSSR count). The molecule has 0 atom stereocenters. The van der Waals surface area contributed by atoms with Crippen molar-refractivity contribution in [2.75, 3.05) is 0 Å². The Bertz CT molecular complexity index is 1180. The first kappa shape index (κ1) is 16.5. The molecule has 1 aliphatic heterocycles. The number of thiophene rings is 1. The van der Waals surface area contributed by atoms with E-state index in [9.17, 15) is 4.79 Å². The van der Waals surface area contributed by atoms with Crippen LogP contribution in [0.5, 0.6) is 5.75 Å². The molecule has 0 spiro atoms. The van der Waals surface area contributed by atoms with Gasteiger partial charge in [0.25, 0.3) is 5.91 Å². The van der Waals surface area contributed by atoms with Crippen LogP contribution in [0.4, 0.5) is 0 Å². The van der Waals surface area contributed by atoms with Crippen LogP contribution in [0.3, 0.4) is 0 Å². The van der Waals surface area contributed by atoms with E-state index in [1.807, 2.05) is 59.3 Å². The van der Waals surface area contributed by atoms with Crippen LogP contribution in [-0.2, 0) is 13.2 Å². The zero-order chi connectivity index (χ0) is 18.4. The van der Waals surface area contributed by atoms with Gasteiger partial charge >= 0.3 is 0 Å². The number of aromatic nitrogens is 2. The number of hydrogen-bond donors (Lipinski definition) is 1. The van der Waals surface area contributed by atoms with Crippen molar-refractivity contribution >= 4 is 38.8 Å². The molecule has 1 amide bonds. The summed E-state index contributed by atoms with van der Waals surface area (Å²) in [4.78, 5) is 19.0. The largest absolute Gasteiger partial charge is 0.488 e. The van der Waals surface area contributed by atoms with Crippen LogP contribution in [-0.4, -0.2) is 15.3 Å². The Morgan fingerprint density at radius 2 is 2.15 bits per heavy atom. The third kappa shape index (κ3) is 3.02. The predicted molar refractivity (Wildman–Crippen MR) is 108 cm³/mol. The van der Waals surface area contributed by atoms with E-state index in [4.69, 9.17) is 4.74 Å². The first-order valence-electron chi connectivity index (χ1n) is 8.43. The van der Waals surface area contributed by atoms with Gasteiger partial charge in [-0.25, -0.2) is 4.98 Å². The Balaban J connectivity index is 1.35. The van der Waals surface area contributed by atoms with Crippen LogP contribution in [0, 0.1) is 0 Å². The number of carbonyl (C=O) groups is 1. The van der Waals surface area contributed by atoms with Gasteiger partial charge in [0, 0.05) is 32.9 Å². The summed E-state index contributed by atoms with van der Waals surface area (Å²) >= 11 is 4.95. The van der Waals surface area contributed by atoms with Gasteiger partial charge in [-0.15, -0.1) is 11.3 Å². The molecule has 27 heavy (non-hydrogen) atoms. The Morgan fingerprint density at radius 1 is 1.26 bits per heavy atom. The highest BCUT2D eigenvalue weighted by Crippen LogP contribution is 2.42. The maximum atomic E-state index is 12.6. The van der Waals surface area contributed by atoms with E-state index < -0.39 is 0 Å². The number of para-hydroxylation sites is 1. The molecule has 1 aromatic carbocycles. The number of nitrogens with zero attached hydrogens (tertiary/aromatic N) is 2. The molecule has 0 unspecified atom stereocenters. The van der Waals surface area contributed by atoms with Crippen LogP contribution >= 0.6 is 27.3 Å². The fourth-order valence-electron chi connectivity index (χ4n) is 3.17. The van der Waals surface area contributed by atoms with E-state index in [2.05, 4.69) is 26.2 Å². The normalized spacial score (nSPS) is 12.3. The van der Waals surface area contributed by atoms with E-state index in [1.54, 1.807) is 0 Å². The van der Waals surface area contributed by atoms with Gasteiger partial charge < -0.3 is 14.5 Å². The molecule has 0 saturated carbocycles. The number of benzene rings is 1. The molecule has 1 N–H and O–H groups in total. The van der Waals surface area contributed by atoms with Gasteiger partial charge in [0.1, 0.15) is 18.0 Å². The number of pyridine rings is 1. The molecule has 3 aromatic heterocycles. The second kappa shape index (κ2) is 6.51. The van der Waals surface area contributed by atoms with Crippen molar-refractivity contribution in [3.8, 4) is 16.2 Å². The number of nitrogens with one attached hydrogen (secondary N) is 1. The fourth-order valence-corrected chi connectivity index (χ4v) is 4.64. The minimum atomic E-state index is -0.0925. The van der Waals surface area contributed by atoms with Gasteiger partial charge in [-0.05, 0) is 46.3 Å². The summed E-state index contributed by atoms with van der Waals surface area (Å²) in [7, 11) is 0. The minimum Gasteiger partial charge on any atom is -0.488 e. The summed E-state index contributed by atoms with van der Waals surface area (Å²) in [6.45, 7) is 0.880. The topological polar surface area (TPSA) is 55.6 Å². The van der Waals surface area contributed by atoms with E-state index in [0.29, 0.717) is 18.0 Å². The molecule has 5 nitrogen and oxygen atoms in total. The fraction of sp³-hybridized carbons (Fsp3) is 0.100. The van der Waals surface area contributed by atoms with E-state index in [1.165, 1.54) is 11.3 Å². The van der Waals surface area contributed by atoms with Crippen molar-refractivity contribution in [2.24, 2.45) is 0 Å². The smallest absolute Gasteiger partial charge is 0.261 e. The van der Waals surface area contributed by atoms with Crippen LogP contribution in [0.2, 0.25) is 0 Å². The second-order valence-electron chi connectivity index (χ2n) is 6.28. The third-order valence-electron chi connectivity index (χ3n) is 4.44. The minimum absolute atomic E-state index is 0.0925. The SMILES string of the molecule is O=C(NCc1cn2cc(Br)ccc2n1)c1cc2c(s1)-c1ccccc1OC2. The molecular weight excluding hydrogens is 426 g/mol. The van der Waals surface area contributed by atoms with Crippen LogP contribution in [0.15, 0.2) is 59.3 Å². The Labute approximate surface area is 167 Å². The molecule has 134 valence electrons. The van der Waals surface area contributed by atoms with Crippen molar-refractivity contribution in [2.45, 2.75) is 13.2 Å². The van der Waals surface area contributed by atoms with Gasteiger partial charge in [0.15, 0.2) is 0 Å². The number of rotatable bonds is 3. The molecule has 0 saturated heterocycles. The number of hydrogen-bond acceptors (Lipinski definition) is 4. The zero-order valence-electron chi connectivity index (χ0n) is 14.1. The lowest BCUT2D eigenvalue weighted by Crippen LogP contribution is -2.21. The van der Waals surface area contributed by atoms with Gasteiger partial charge in [0.2, 0.25) is 0 Å². The molecule has 7 heteroatoms. The molecule has 0 bridgehead atoms. The van der Waals surface area contributed by atoms with Crippen LogP contribution < -0.4 is 10.1 Å². The van der Waals surface area contributed by atoms with Gasteiger partial charge in [0.05, 0.1) is 17.1 Å². The molecule has 1 aliphatic rings. The monoisotopic (exact) mass is 439 g/mol. The quantitative estimate of drug-likeness (QED) is 0.505. The summed E-state index contributed by atoms with van der Waals surface area (Å²) in [5.74, 6) is 0.778. The summed E-state index contributed by atoms with van der Waals surface area (Å²) in [5, 5.41) is 2.97. The zero-order valence-corrected chi connectivity index (χ0v) is 16.5. The van der Waals surface area contributed by atoms with Gasteiger partial charge in [-0.3, -0.25) is 4.79 Å². The van der Waals surface area contributed by atoms with Crippen molar-refractivity contribution in [3.63, 3.8) is 0 Å². The van der Waals surface area contributed by atoms with E-state index in [-0.39, 0.29) is 5.91 Å². The maximum Gasteiger partial charge on any atom is 0.261 e. The summed E-state index contributed by atoms with van der Waals surface area (Å²) in [6.07, 6.45) is 3.86. The van der Waals surface area contributed by atoms with Gasteiger partial charge in [-0.2, -0.15) is 0 Å². The lowest BCUT2D eigenvalue weighted by atomic mass is 10.1. The summed E-state index contributed by atoms with van der Waals surface area (Å²) in [6, 6.07) is 13.7. The maximum absolute atomic E-state index is 12.6. The molecular formula is C20H14BrN3O2S. The number of fused-ring (bicyclic) bond motifs is 4. The summed E-state index contributed by atoms with van der Waals surface area (Å²) in [5.41, 5.74) is 3.77. The first-order chi connectivity index (χ1) is 13.2. The number of halogens is 1. The Hall–Kier alpha value is -2.64. The number of imidazole rings is 1. The highest BCUT2D eigenvalue weighted by molar-refractivity contribution is 9.10. The van der Waals surface area contributed by atoms with Crippen molar-refractivity contribution in [1.82, 2.24) is 14.7 Å². The van der Waals surface area contributed by atoms with Crippen molar-refractivity contribution in [3.05, 3.63) is 75.5 Å². The average Bonchev–Trinajstić information content (AvgIpc) is 3.29. The van der Waals surface area contributed by atoms with Crippen molar-refractivity contribution < 1.29 is 9.53 Å². The lowest BCUT2D eigenvalue weighted by Gasteiger charge is -2.16. The first-order valence-corrected chi connectivity index (χ1v) is 10.0. The standard InChI is InChI=1S/C20H14BrN3O2S/c21-13-5-6-18-23-14(10-24(18)9-13)8-22-20(25)17-7-12-11-26-16-4-2-1-3-15(16)19(12)27-17/h1-7,9-10H,8,11H2,(H,22,25). The van der Waals surface area contributed by atoms with Crippen molar-refractivity contribution in [1.29, 1.82) is 0 Å². The lowest BCUT2D eigenvalue weighted by molar-refractivity contribution is 0.0954. The van der Waals surface area contributed by atoms with Crippen LogP contribution in [0.25, 0.3) is 16.1 Å². The highest BCUT2D eigenvalue weighted by Gasteiger charge is 2.22. The second-order valence-corrected chi connectivity index (χ2v) is 8.25. The number of ether oxygens (including phenoxy) is 1. The summed E-state index contributed by atoms with van der Waals surface area (Å²) < 4.78 is 8.69. The van der Waals surface area contributed by atoms with E-state index in [0.717, 1.165) is 37.6 Å². The Morgan fingerprint density at radius 3 is 3.07 bits per heavy atom. The molecule has 0 radical (unpaired) electrons. The number of carbonyl (C=O) groups excluding carboxylic acids is 1. The average molecular weight is 440 g/mol. The molecule has 4 aromatic rings. The number of amides is 1.